The van der Waals surface area contributed by atoms with Crippen molar-refractivity contribution in [3.05, 3.63) is 24.3 Å². The highest BCUT2D eigenvalue weighted by atomic mass is 16.6. The average molecular weight is 342 g/mol. The lowest BCUT2D eigenvalue weighted by Gasteiger charge is -2.19. The molecule has 8 nitrogen and oxygen atoms in total. The van der Waals surface area contributed by atoms with Crippen molar-refractivity contribution in [2.45, 2.75) is 57.7 Å². The van der Waals surface area contributed by atoms with Crippen LogP contribution in [0.15, 0.2) is 24.3 Å². The first-order valence-corrected chi connectivity index (χ1v) is 7.52. The summed E-state index contributed by atoms with van der Waals surface area (Å²) < 4.78 is 14.9. The van der Waals surface area contributed by atoms with E-state index in [1.54, 1.807) is 0 Å². The van der Waals surface area contributed by atoms with Gasteiger partial charge in [0.05, 0.1) is 6.42 Å². The largest absolute Gasteiger partial charge is 0.459 e. The van der Waals surface area contributed by atoms with Crippen LogP contribution in [-0.2, 0) is 28.6 Å². The molecule has 1 aliphatic rings. The van der Waals surface area contributed by atoms with Crippen molar-refractivity contribution in [2.24, 2.45) is 0 Å². The number of cyclic esters (lactones) is 3. The number of carbonyl (C=O) groups is 3. The molecule has 0 aliphatic carbocycles. The van der Waals surface area contributed by atoms with Crippen molar-refractivity contribution >= 4 is 17.9 Å². The van der Waals surface area contributed by atoms with Gasteiger partial charge >= 0.3 is 17.9 Å². The molecule has 8 heteroatoms. The Labute approximate surface area is 139 Å². The van der Waals surface area contributed by atoms with E-state index >= 15 is 0 Å². The van der Waals surface area contributed by atoms with Crippen molar-refractivity contribution < 1.29 is 38.8 Å². The van der Waals surface area contributed by atoms with Crippen LogP contribution >= 0.6 is 0 Å². The van der Waals surface area contributed by atoms with Crippen LogP contribution in [0.25, 0.3) is 0 Å². The van der Waals surface area contributed by atoms with E-state index in [1.807, 2.05) is 0 Å². The van der Waals surface area contributed by atoms with Crippen LogP contribution in [0, 0.1) is 0 Å². The van der Waals surface area contributed by atoms with E-state index in [0.29, 0.717) is 0 Å². The van der Waals surface area contributed by atoms with Gasteiger partial charge in [-0.3, -0.25) is 4.79 Å². The van der Waals surface area contributed by atoms with E-state index in [9.17, 15) is 24.6 Å². The van der Waals surface area contributed by atoms with Gasteiger partial charge in [0.2, 0.25) is 0 Å². The summed E-state index contributed by atoms with van der Waals surface area (Å²) in [6.45, 7) is 4.41. The number of esters is 3. The lowest BCUT2D eigenvalue weighted by molar-refractivity contribution is -0.157. The number of carbonyl (C=O) groups excluding carboxylic acids is 3. The molecule has 134 valence electrons. The van der Waals surface area contributed by atoms with Gasteiger partial charge in [-0.15, -0.1) is 0 Å². The van der Waals surface area contributed by atoms with Crippen LogP contribution in [0.2, 0.25) is 0 Å². The van der Waals surface area contributed by atoms with Gasteiger partial charge in [0, 0.05) is 12.2 Å². The molecule has 0 aromatic rings. The van der Waals surface area contributed by atoms with Crippen LogP contribution in [0.1, 0.15) is 27.2 Å². The molecule has 0 saturated heterocycles. The maximum Gasteiger partial charge on any atom is 0.330 e. The third-order valence-electron chi connectivity index (χ3n) is 3.21. The Bertz CT molecular complexity index is 524. The van der Waals surface area contributed by atoms with Gasteiger partial charge in [-0.1, -0.05) is 0 Å². The molecule has 0 radical (unpaired) electrons. The highest BCUT2D eigenvalue weighted by molar-refractivity contribution is 5.83. The molecular formula is C16H22O8. The standard InChI is InChI=1S/C16H22O8/c1-9-8-16(21)24-11(3)13(18)5-7-15(20)23-10(2)12(17)4-6-14(19)22-9/h4-7,9-13,17-18H,8H2,1-3H3/b6-4+,7-5+/t9-,10-,11+,12+,13+/m0/s1. The fraction of sp³-hybridized carbons (Fsp3) is 0.562. The Morgan fingerprint density at radius 3 is 1.83 bits per heavy atom. The fourth-order valence-corrected chi connectivity index (χ4v) is 1.80. The molecule has 0 unspecified atom stereocenters. The third-order valence-corrected chi connectivity index (χ3v) is 3.21. The van der Waals surface area contributed by atoms with Gasteiger partial charge in [0.1, 0.15) is 30.5 Å². The van der Waals surface area contributed by atoms with Gasteiger partial charge in [-0.25, -0.2) is 9.59 Å². The van der Waals surface area contributed by atoms with Gasteiger partial charge < -0.3 is 24.4 Å². The summed E-state index contributed by atoms with van der Waals surface area (Å²) in [7, 11) is 0. The molecule has 24 heavy (non-hydrogen) atoms. The normalized spacial score (nSPS) is 36.2. The van der Waals surface area contributed by atoms with E-state index in [-0.39, 0.29) is 6.42 Å². The quantitative estimate of drug-likeness (QED) is 0.467. The maximum atomic E-state index is 11.7. The second-order valence-corrected chi connectivity index (χ2v) is 5.49. The molecule has 0 bridgehead atoms. The molecule has 0 saturated carbocycles. The summed E-state index contributed by atoms with van der Waals surface area (Å²) >= 11 is 0. The number of rotatable bonds is 0. The fourth-order valence-electron chi connectivity index (χ4n) is 1.80. The highest BCUT2D eigenvalue weighted by Gasteiger charge is 2.21. The molecule has 1 rings (SSSR count). The average Bonchev–Trinajstić information content (AvgIpc) is 2.48. The zero-order valence-corrected chi connectivity index (χ0v) is 13.7. The lowest BCUT2D eigenvalue weighted by Crippen LogP contribution is -2.30. The molecule has 0 fully saturated rings. The monoisotopic (exact) mass is 342 g/mol. The van der Waals surface area contributed by atoms with Crippen LogP contribution in [0.5, 0.6) is 0 Å². The summed E-state index contributed by atoms with van der Waals surface area (Å²) in [6, 6.07) is 0. The number of ether oxygens (including phenoxy) is 3. The van der Waals surface area contributed by atoms with E-state index in [2.05, 4.69) is 0 Å². The van der Waals surface area contributed by atoms with Gasteiger partial charge in [-0.2, -0.15) is 0 Å². The predicted molar refractivity (Wildman–Crippen MR) is 81.6 cm³/mol. The number of hydrogen-bond donors (Lipinski definition) is 2. The minimum atomic E-state index is -1.22. The molecule has 1 heterocycles. The summed E-state index contributed by atoms with van der Waals surface area (Å²) in [4.78, 5) is 34.9. The highest BCUT2D eigenvalue weighted by Crippen LogP contribution is 2.08. The Morgan fingerprint density at radius 2 is 1.29 bits per heavy atom. The van der Waals surface area contributed by atoms with Crippen LogP contribution in [0.4, 0.5) is 0 Å². The van der Waals surface area contributed by atoms with Gasteiger partial charge in [0.25, 0.3) is 0 Å². The first-order valence-electron chi connectivity index (χ1n) is 7.52. The molecule has 5 atom stereocenters. The topological polar surface area (TPSA) is 119 Å². The second-order valence-electron chi connectivity index (χ2n) is 5.49. The van der Waals surface area contributed by atoms with Crippen LogP contribution in [-0.4, -0.2) is 58.6 Å². The van der Waals surface area contributed by atoms with Gasteiger partial charge in [-0.05, 0) is 32.9 Å². The molecule has 2 N–H and O–H groups in total. The van der Waals surface area contributed by atoms with Crippen molar-refractivity contribution in [3.8, 4) is 0 Å². The van der Waals surface area contributed by atoms with E-state index in [0.717, 1.165) is 24.3 Å². The summed E-state index contributed by atoms with van der Waals surface area (Å²) in [5, 5.41) is 19.6. The predicted octanol–water partition coefficient (Wildman–Crippen LogP) is 0.0194. The maximum absolute atomic E-state index is 11.7. The first-order chi connectivity index (χ1) is 11.2. The van der Waals surface area contributed by atoms with Crippen molar-refractivity contribution in [1.29, 1.82) is 0 Å². The summed E-state index contributed by atoms with van der Waals surface area (Å²) in [6.07, 6.45) is -0.961. The Morgan fingerprint density at radius 1 is 0.833 bits per heavy atom. The SMILES string of the molecule is C[C@@H]1OC(=O)/C=C/[C@@H](O)[C@@H](C)OC(=O)C[C@H](C)OC(=O)/C=C/[C@H]1O. The minimum Gasteiger partial charge on any atom is -0.459 e. The Kier molecular flexibility index (Phi) is 7.60. The molecule has 0 amide bonds. The lowest BCUT2D eigenvalue weighted by atomic mass is 10.2. The van der Waals surface area contributed by atoms with E-state index < -0.39 is 48.4 Å². The Hall–Kier alpha value is -2.19. The zero-order valence-electron chi connectivity index (χ0n) is 13.7. The van der Waals surface area contributed by atoms with Crippen molar-refractivity contribution in [3.63, 3.8) is 0 Å². The third kappa shape index (κ3) is 6.93. The van der Waals surface area contributed by atoms with Crippen molar-refractivity contribution in [1.82, 2.24) is 0 Å². The minimum absolute atomic E-state index is 0.193. The van der Waals surface area contributed by atoms with E-state index in [4.69, 9.17) is 14.2 Å². The van der Waals surface area contributed by atoms with Crippen LogP contribution in [0.3, 0.4) is 0 Å². The molecule has 0 aromatic heterocycles. The Balaban J connectivity index is 2.91. The second kappa shape index (κ2) is 9.19. The smallest absolute Gasteiger partial charge is 0.330 e. The van der Waals surface area contributed by atoms with Crippen molar-refractivity contribution in [2.75, 3.05) is 0 Å². The summed E-state index contributed by atoms with van der Waals surface area (Å²) in [5.74, 6) is -2.22. The summed E-state index contributed by atoms with van der Waals surface area (Å²) in [5.41, 5.74) is 0. The van der Waals surface area contributed by atoms with Gasteiger partial charge in [0.15, 0.2) is 0 Å². The zero-order chi connectivity index (χ0) is 18.3. The molecular weight excluding hydrogens is 320 g/mol. The first kappa shape index (κ1) is 19.9. The molecule has 1 aliphatic heterocycles. The number of aliphatic hydroxyl groups excluding tert-OH is 2. The molecule has 0 aromatic carbocycles. The molecule has 0 spiro atoms. The van der Waals surface area contributed by atoms with E-state index in [1.165, 1.54) is 20.8 Å². The van der Waals surface area contributed by atoms with Crippen LogP contribution < -0.4 is 0 Å². The number of aliphatic hydroxyl groups is 2. The number of hydrogen-bond acceptors (Lipinski definition) is 8.